The van der Waals surface area contributed by atoms with Crippen LogP contribution in [0.2, 0.25) is 0 Å². The fourth-order valence-electron chi connectivity index (χ4n) is 3.64. The number of rotatable bonds is 5. The van der Waals surface area contributed by atoms with E-state index in [1.807, 2.05) is 18.9 Å². The number of amides is 1. The maximum absolute atomic E-state index is 12.7. The summed E-state index contributed by atoms with van der Waals surface area (Å²) >= 11 is 0. The van der Waals surface area contributed by atoms with Crippen molar-refractivity contribution < 1.29 is 14.3 Å². The molecule has 0 unspecified atom stereocenters. The summed E-state index contributed by atoms with van der Waals surface area (Å²) in [6.45, 7) is 3.18. The first kappa shape index (κ1) is 16.5. The van der Waals surface area contributed by atoms with Gasteiger partial charge in [-0.2, -0.15) is 0 Å². The van der Waals surface area contributed by atoms with Gasteiger partial charge in [-0.15, -0.1) is 0 Å². The Hall–Kier alpha value is -1.39. The van der Waals surface area contributed by atoms with E-state index < -0.39 is 6.10 Å². The quantitative estimate of drug-likeness (QED) is 0.837. The van der Waals surface area contributed by atoms with Crippen molar-refractivity contribution in [3.8, 4) is 0 Å². The Kier molecular flexibility index (Phi) is 5.34. The first-order valence-electron chi connectivity index (χ1n) is 8.74. The summed E-state index contributed by atoms with van der Waals surface area (Å²) in [5, 5.41) is 0. The number of hydrogen-bond donors (Lipinski definition) is 0. The van der Waals surface area contributed by atoms with Crippen molar-refractivity contribution >= 4 is 5.91 Å². The van der Waals surface area contributed by atoms with E-state index in [-0.39, 0.29) is 18.1 Å². The van der Waals surface area contributed by atoms with Gasteiger partial charge < -0.3 is 14.4 Å². The molecule has 1 amide bonds. The highest BCUT2D eigenvalue weighted by Gasteiger charge is 2.31. The number of likely N-dealkylation sites (N-methyl/N-ethyl adjacent to an activating group) is 1. The Morgan fingerprint density at radius 1 is 1.35 bits per heavy atom. The number of aryl methyl sites for hydroxylation is 1. The third kappa shape index (κ3) is 3.75. The molecule has 0 spiro atoms. The Morgan fingerprint density at radius 2 is 2.17 bits per heavy atom. The highest BCUT2D eigenvalue weighted by Crippen LogP contribution is 2.35. The van der Waals surface area contributed by atoms with Gasteiger partial charge in [-0.3, -0.25) is 4.79 Å². The maximum atomic E-state index is 12.7. The molecule has 0 N–H and O–H groups in total. The van der Waals surface area contributed by atoms with Gasteiger partial charge in [0, 0.05) is 13.7 Å². The maximum Gasteiger partial charge on any atom is 0.251 e. The fourth-order valence-corrected chi connectivity index (χ4v) is 3.64. The standard InChI is InChI=1S/C19H27NO3/c1-14(23-13-16-8-5-6-12-22-16)19(21)20(2)18-11-10-15-7-3-4-9-17(15)18/h3-4,7,9,14,16,18H,5-6,8,10-13H2,1-2H3/t14-,16+,18+/m0/s1. The lowest BCUT2D eigenvalue weighted by Gasteiger charge is -2.29. The summed E-state index contributed by atoms with van der Waals surface area (Å²) in [5.74, 6) is 0.0579. The van der Waals surface area contributed by atoms with E-state index in [9.17, 15) is 4.79 Å². The second-order valence-corrected chi connectivity index (χ2v) is 6.67. The monoisotopic (exact) mass is 317 g/mol. The third-order valence-corrected chi connectivity index (χ3v) is 5.07. The molecule has 1 aromatic rings. The lowest BCUT2D eigenvalue weighted by molar-refractivity contribution is -0.147. The number of fused-ring (bicyclic) bond motifs is 1. The molecule has 23 heavy (non-hydrogen) atoms. The number of carbonyl (C=O) groups excluding carboxylic acids is 1. The van der Waals surface area contributed by atoms with Gasteiger partial charge in [-0.1, -0.05) is 24.3 Å². The highest BCUT2D eigenvalue weighted by atomic mass is 16.5. The molecule has 1 saturated heterocycles. The van der Waals surface area contributed by atoms with Gasteiger partial charge in [0.05, 0.1) is 18.8 Å². The van der Waals surface area contributed by atoms with E-state index in [2.05, 4.69) is 24.3 Å². The van der Waals surface area contributed by atoms with E-state index in [0.29, 0.717) is 6.61 Å². The zero-order valence-corrected chi connectivity index (χ0v) is 14.2. The van der Waals surface area contributed by atoms with Crippen LogP contribution in [-0.4, -0.2) is 43.3 Å². The van der Waals surface area contributed by atoms with E-state index in [0.717, 1.165) is 32.3 Å². The first-order chi connectivity index (χ1) is 11.2. The minimum atomic E-state index is -0.418. The van der Waals surface area contributed by atoms with Crippen LogP contribution >= 0.6 is 0 Å². The van der Waals surface area contributed by atoms with Crippen LogP contribution in [0.4, 0.5) is 0 Å². The van der Waals surface area contributed by atoms with Crippen LogP contribution in [0.1, 0.15) is 49.8 Å². The average Bonchev–Trinajstić information content (AvgIpc) is 3.03. The lowest BCUT2D eigenvalue weighted by Crippen LogP contribution is -2.39. The van der Waals surface area contributed by atoms with Crippen LogP contribution in [0.15, 0.2) is 24.3 Å². The average molecular weight is 317 g/mol. The van der Waals surface area contributed by atoms with Gasteiger partial charge in [-0.25, -0.2) is 0 Å². The van der Waals surface area contributed by atoms with Gasteiger partial charge in [0.25, 0.3) is 5.91 Å². The molecule has 1 heterocycles. The molecule has 1 fully saturated rings. The Bertz CT molecular complexity index is 539. The SMILES string of the molecule is C[C@H](OC[C@H]1CCCCO1)C(=O)N(C)[C@@H]1CCc2ccccc21. The van der Waals surface area contributed by atoms with E-state index in [4.69, 9.17) is 9.47 Å². The Morgan fingerprint density at radius 3 is 2.96 bits per heavy atom. The topological polar surface area (TPSA) is 38.8 Å². The lowest BCUT2D eigenvalue weighted by atomic mass is 10.1. The molecule has 2 aliphatic rings. The molecule has 1 aromatic carbocycles. The van der Waals surface area contributed by atoms with E-state index in [1.165, 1.54) is 17.5 Å². The van der Waals surface area contributed by atoms with Crippen molar-refractivity contribution in [2.75, 3.05) is 20.3 Å². The van der Waals surface area contributed by atoms with Gasteiger partial charge in [0.2, 0.25) is 0 Å². The predicted octanol–water partition coefficient (Wildman–Crippen LogP) is 3.11. The van der Waals surface area contributed by atoms with Gasteiger partial charge >= 0.3 is 0 Å². The number of benzene rings is 1. The molecule has 3 atom stereocenters. The van der Waals surface area contributed by atoms with Crippen molar-refractivity contribution in [2.24, 2.45) is 0 Å². The number of hydrogen-bond acceptors (Lipinski definition) is 3. The molecule has 4 heteroatoms. The normalized spacial score (nSPS) is 25.0. The molecule has 1 aliphatic heterocycles. The van der Waals surface area contributed by atoms with Crippen molar-refractivity contribution in [3.63, 3.8) is 0 Å². The fraction of sp³-hybridized carbons (Fsp3) is 0.632. The summed E-state index contributed by atoms with van der Waals surface area (Å²) in [4.78, 5) is 14.5. The third-order valence-electron chi connectivity index (χ3n) is 5.07. The minimum Gasteiger partial charge on any atom is -0.376 e. The Balaban J connectivity index is 1.54. The van der Waals surface area contributed by atoms with Crippen LogP contribution in [0.25, 0.3) is 0 Å². The van der Waals surface area contributed by atoms with Crippen molar-refractivity contribution in [1.82, 2.24) is 4.90 Å². The summed E-state index contributed by atoms with van der Waals surface area (Å²) in [5.41, 5.74) is 2.65. The Labute approximate surface area is 138 Å². The van der Waals surface area contributed by atoms with E-state index >= 15 is 0 Å². The van der Waals surface area contributed by atoms with Gasteiger partial charge in [-0.05, 0) is 50.2 Å². The summed E-state index contributed by atoms with van der Waals surface area (Å²) in [6, 6.07) is 8.59. The zero-order chi connectivity index (χ0) is 16.2. The number of ether oxygens (including phenoxy) is 2. The van der Waals surface area contributed by atoms with Gasteiger partial charge in [0.15, 0.2) is 0 Å². The van der Waals surface area contributed by atoms with Crippen LogP contribution in [0.5, 0.6) is 0 Å². The summed E-state index contributed by atoms with van der Waals surface area (Å²) in [7, 11) is 1.89. The highest BCUT2D eigenvalue weighted by molar-refractivity contribution is 5.81. The molecule has 0 saturated carbocycles. The predicted molar refractivity (Wildman–Crippen MR) is 89.3 cm³/mol. The molecule has 0 radical (unpaired) electrons. The summed E-state index contributed by atoms with van der Waals surface area (Å²) < 4.78 is 11.5. The number of nitrogens with zero attached hydrogens (tertiary/aromatic N) is 1. The molecular formula is C19H27NO3. The van der Waals surface area contributed by atoms with Crippen LogP contribution in [-0.2, 0) is 20.7 Å². The largest absolute Gasteiger partial charge is 0.376 e. The molecule has 1 aliphatic carbocycles. The van der Waals surface area contributed by atoms with Crippen molar-refractivity contribution in [3.05, 3.63) is 35.4 Å². The summed E-state index contributed by atoms with van der Waals surface area (Å²) in [6.07, 6.45) is 5.13. The van der Waals surface area contributed by atoms with Crippen molar-refractivity contribution in [1.29, 1.82) is 0 Å². The molecule has 4 nitrogen and oxygen atoms in total. The van der Waals surface area contributed by atoms with Crippen LogP contribution in [0, 0.1) is 0 Å². The smallest absolute Gasteiger partial charge is 0.251 e. The minimum absolute atomic E-state index is 0.0579. The van der Waals surface area contributed by atoms with Gasteiger partial charge in [0.1, 0.15) is 6.10 Å². The molecule has 0 bridgehead atoms. The van der Waals surface area contributed by atoms with E-state index in [1.54, 1.807) is 0 Å². The van der Waals surface area contributed by atoms with Crippen molar-refractivity contribution in [2.45, 2.75) is 57.3 Å². The molecule has 3 rings (SSSR count). The van der Waals surface area contributed by atoms with Crippen LogP contribution in [0.3, 0.4) is 0 Å². The second kappa shape index (κ2) is 7.45. The zero-order valence-electron chi connectivity index (χ0n) is 14.2. The molecule has 126 valence electrons. The number of carbonyl (C=O) groups is 1. The molecule has 0 aromatic heterocycles. The van der Waals surface area contributed by atoms with Crippen LogP contribution < -0.4 is 0 Å². The molecular weight excluding hydrogens is 290 g/mol. The second-order valence-electron chi connectivity index (χ2n) is 6.67. The first-order valence-corrected chi connectivity index (χ1v) is 8.74.